The van der Waals surface area contributed by atoms with Crippen molar-refractivity contribution in [3.63, 3.8) is 0 Å². The van der Waals surface area contributed by atoms with E-state index in [-0.39, 0.29) is 0 Å². The molecule has 0 spiro atoms. The number of hydrogen-bond donors (Lipinski definition) is 1. The van der Waals surface area contributed by atoms with Crippen LogP contribution < -0.4 is 10.2 Å². The Labute approximate surface area is 129 Å². The summed E-state index contributed by atoms with van der Waals surface area (Å²) in [6.07, 6.45) is 2.42. The number of benzene rings is 2. The summed E-state index contributed by atoms with van der Waals surface area (Å²) in [5, 5.41) is 6.06. The molecule has 2 atom stereocenters. The highest BCUT2D eigenvalue weighted by Crippen LogP contribution is 2.35. The van der Waals surface area contributed by atoms with E-state index >= 15 is 0 Å². The van der Waals surface area contributed by atoms with Crippen LogP contribution in [0.5, 0.6) is 0 Å². The van der Waals surface area contributed by atoms with Gasteiger partial charge in [0.1, 0.15) is 0 Å². The van der Waals surface area contributed by atoms with Crippen LogP contribution >= 0.6 is 15.9 Å². The Balaban J connectivity index is 2.01. The highest BCUT2D eigenvalue weighted by molar-refractivity contribution is 9.10. The van der Waals surface area contributed by atoms with Gasteiger partial charge in [-0.15, -0.1) is 0 Å². The monoisotopic (exact) mass is 332 g/mol. The summed E-state index contributed by atoms with van der Waals surface area (Å²) in [6.45, 7) is 3.46. The normalized spacial score (nSPS) is 23.2. The Kier molecular flexibility index (Phi) is 3.99. The highest BCUT2D eigenvalue weighted by Gasteiger charge is 2.25. The molecule has 20 heavy (non-hydrogen) atoms. The number of rotatable bonds is 2. The zero-order chi connectivity index (χ0) is 14.1. The van der Waals surface area contributed by atoms with Crippen LogP contribution in [-0.4, -0.2) is 25.7 Å². The Bertz CT molecular complexity index is 611. The molecule has 106 valence electrons. The Hall–Kier alpha value is -1.06. The van der Waals surface area contributed by atoms with E-state index in [4.69, 9.17) is 0 Å². The summed E-state index contributed by atoms with van der Waals surface area (Å²) in [6, 6.07) is 14.3. The van der Waals surface area contributed by atoms with Gasteiger partial charge in [0.15, 0.2) is 0 Å². The van der Waals surface area contributed by atoms with E-state index in [1.54, 1.807) is 0 Å². The van der Waals surface area contributed by atoms with Crippen LogP contribution in [0, 0.1) is 0 Å². The van der Waals surface area contributed by atoms with Gasteiger partial charge in [0.2, 0.25) is 0 Å². The minimum atomic E-state index is 0.575. The van der Waals surface area contributed by atoms with Gasteiger partial charge in [0, 0.05) is 34.2 Å². The fourth-order valence-electron chi connectivity index (χ4n) is 3.29. The molecular formula is C17H21BrN2. The van der Waals surface area contributed by atoms with Crippen molar-refractivity contribution in [1.29, 1.82) is 0 Å². The topological polar surface area (TPSA) is 15.3 Å². The molecule has 1 aliphatic rings. The third kappa shape index (κ3) is 2.45. The van der Waals surface area contributed by atoms with Crippen molar-refractivity contribution in [2.24, 2.45) is 0 Å². The van der Waals surface area contributed by atoms with E-state index in [0.29, 0.717) is 12.1 Å². The first-order valence-corrected chi connectivity index (χ1v) is 8.11. The molecular weight excluding hydrogens is 312 g/mol. The summed E-state index contributed by atoms with van der Waals surface area (Å²) in [5.74, 6) is 0. The van der Waals surface area contributed by atoms with Crippen molar-refractivity contribution in [2.75, 3.05) is 18.5 Å². The van der Waals surface area contributed by atoms with E-state index in [2.05, 4.69) is 76.5 Å². The predicted octanol–water partition coefficient (Wildman–Crippen LogP) is 4.18. The van der Waals surface area contributed by atoms with Crippen LogP contribution in [0.4, 0.5) is 5.69 Å². The minimum absolute atomic E-state index is 0.575. The van der Waals surface area contributed by atoms with Gasteiger partial charge in [-0.3, -0.25) is 0 Å². The molecule has 0 aromatic heterocycles. The molecule has 1 heterocycles. The molecule has 1 saturated heterocycles. The Morgan fingerprint density at radius 1 is 1.15 bits per heavy atom. The molecule has 3 heteroatoms. The van der Waals surface area contributed by atoms with Crippen LogP contribution in [0.15, 0.2) is 40.9 Å². The van der Waals surface area contributed by atoms with Crippen molar-refractivity contribution < 1.29 is 0 Å². The molecule has 1 N–H and O–H groups in total. The summed E-state index contributed by atoms with van der Waals surface area (Å²) >= 11 is 3.66. The lowest BCUT2D eigenvalue weighted by Crippen LogP contribution is -2.46. The zero-order valence-corrected chi connectivity index (χ0v) is 13.7. The summed E-state index contributed by atoms with van der Waals surface area (Å²) in [7, 11) is 2.07. The second-order valence-electron chi connectivity index (χ2n) is 5.66. The van der Waals surface area contributed by atoms with Crippen molar-refractivity contribution >= 4 is 32.4 Å². The quantitative estimate of drug-likeness (QED) is 0.887. The molecule has 3 rings (SSSR count). The van der Waals surface area contributed by atoms with Gasteiger partial charge in [0.05, 0.1) is 0 Å². The smallest absolute Gasteiger partial charge is 0.0449 e. The summed E-state index contributed by atoms with van der Waals surface area (Å²) in [4.78, 5) is 2.56. The minimum Gasteiger partial charge on any atom is -0.368 e. The number of nitrogens with zero attached hydrogens (tertiary/aromatic N) is 1. The first-order chi connectivity index (χ1) is 9.70. The van der Waals surface area contributed by atoms with Gasteiger partial charge in [-0.05, 0) is 44.3 Å². The second kappa shape index (κ2) is 5.74. The van der Waals surface area contributed by atoms with E-state index in [9.17, 15) is 0 Å². The third-order valence-electron chi connectivity index (χ3n) is 4.44. The standard InChI is InChI=1S/C17H21BrN2/c1-12-11-13(19-2)9-10-20(12)17-8-7-16(18)14-5-3-4-6-15(14)17/h3-8,12-13,19H,9-11H2,1-2H3. The number of halogens is 1. The van der Waals surface area contributed by atoms with Crippen LogP contribution in [0.25, 0.3) is 10.8 Å². The number of nitrogens with one attached hydrogen (secondary N) is 1. The maximum absolute atomic E-state index is 3.66. The van der Waals surface area contributed by atoms with Crippen molar-refractivity contribution in [3.8, 4) is 0 Å². The van der Waals surface area contributed by atoms with E-state index in [1.165, 1.54) is 33.8 Å². The van der Waals surface area contributed by atoms with Gasteiger partial charge >= 0.3 is 0 Å². The molecule has 1 fully saturated rings. The third-order valence-corrected chi connectivity index (χ3v) is 5.13. The van der Waals surface area contributed by atoms with Crippen LogP contribution in [0.2, 0.25) is 0 Å². The largest absolute Gasteiger partial charge is 0.368 e. The Morgan fingerprint density at radius 2 is 1.90 bits per heavy atom. The lowest BCUT2D eigenvalue weighted by molar-refractivity contribution is 0.387. The van der Waals surface area contributed by atoms with E-state index in [0.717, 1.165) is 6.54 Å². The lowest BCUT2D eigenvalue weighted by atomic mass is 9.96. The van der Waals surface area contributed by atoms with Crippen LogP contribution in [0.1, 0.15) is 19.8 Å². The number of piperidine rings is 1. The van der Waals surface area contributed by atoms with Gasteiger partial charge < -0.3 is 10.2 Å². The van der Waals surface area contributed by atoms with Crippen molar-refractivity contribution in [2.45, 2.75) is 31.8 Å². The molecule has 2 unspecified atom stereocenters. The summed E-state index contributed by atoms with van der Waals surface area (Å²) < 4.78 is 1.18. The van der Waals surface area contributed by atoms with Crippen LogP contribution in [0.3, 0.4) is 0 Å². The van der Waals surface area contributed by atoms with Crippen LogP contribution in [-0.2, 0) is 0 Å². The first kappa shape index (κ1) is 13.9. The molecule has 0 saturated carbocycles. The molecule has 0 aliphatic carbocycles. The predicted molar refractivity (Wildman–Crippen MR) is 90.5 cm³/mol. The number of fused-ring (bicyclic) bond motifs is 1. The molecule has 0 amide bonds. The molecule has 2 aromatic rings. The van der Waals surface area contributed by atoms with Gasteiger partial charge in [0.25, 0.3) is 0 Å². The molecule has 0 bridgehead atoms. The molecule has 2 nitrogen and oxygen atoms in total. The first-order valence-electron chi connectivity index (χ1n) is 7.32. The average molecular weight is 333 g/mol. The number of anilines is 1. The zero-order valence-electron chi connectivity index (χ0n) is 12.1. The fraction of sp³-hybridized carbons (Fsp3) is 0.412. The van der Waals surface area contributed by atoms with Gasteiger partial charge in [-0.25, -0.2) is 0 Å². The van der Waals surface area contributed by atoms with Crippen molar-refractivity contribution in [3.05, 3.63) is 40.9 Å². The maximum Gasteiger partial charge on any atom is 0.0449 e. The van der Waals surface area contributed by atoms with Gasteiger partial charge in [-0.1, -0.05) is 40.2 Å². The van der Waals surface area contributed by atoms with Crippen molar-refractivity contribution in [1.82, 2.24) is 5.32 Å². The second-order valence-corrected chi connectivity index (χ2v) is 6.52. The molecule has 2 aromatic carbocycles. The average Bonchev–Trinajstić information content (AvgIpc) is 2.48. The molecule has 0 radical (unpaired) electrons. The van der Waals surface area contributed by atoms with Gasteiger partial charge in [-0.2, -0.15) is 0 Å². The Morgan fingerprint density at radius 3 is 2.60 bits per heavy atom. The highest BCUT2D eigenvalue weighted by atomic mass is 79.9. The summed E-state index contributed by atoms with van der Waals surface area (Å²) in [5.41, 5.74) is 1.37. The maximum atomic E-state index is 3.66. The lowest BCUT2D eigenvalue weighted by Gasteiger charge is -2.40. The fourth-order valence-corrected chi connectivity index (χ4v) is 3.77. The van der Waals surface area contributed by atoms with E-state index < -0.39 is 0 Å². The van der Waals surface area contributed by atoms with E-state index in [1.807, 2.05) is 0 Å². The SMILES string of the molecule is CNC1CCN(c2ccc(Br)c3ccccc23)C(C)C1. The number of hydrogen-bond acceptors (Lipinski definition) is 2. The molecule has 1 aliphatic heterocycles.